The maximum atomic E-state index is 14.8. The topological polar surface area (TPSA) is 104 Å². The van der Waals surface area contributed by atoms with E-state index in [-0.39, 0.29) is 5.82 Å². The van der Waals surface area contributed by atoms with Gasteiger partial charge >= 0.3 is 17.8 Å². The number of carbonyl (C=O) groups excluding carboxylic acids is 2. The average Bonchev–Trinajstić information content (AvgIpc) is 2.88. The fraction of sp³-hybridized carbons (Fsp3) is 0.524. The van der Waals surface area contributed by atoms with E-state index < -0.39 is 57.9 Å². The molecule has 11 heteroatoms. The number of halogens is 2. The number of nitrogens with one attached hydrogen (secondary N) is 1. The second kappa shape index (κ2) is 8.71. The number of alkyl carbamates (subject to hydrolysis) is 1. The van der Waals surface area contributed by atoms with Crippen molar-refractivity contribution in [3.8, 4) is 5.69 Å². The molecular weight excluding hydrogens is 426 g/mol. The molecule has 1 unspecified atom stereocenters. The lowest BCUT2D eigenvalue weighted by Crippen LogP contribution is -2.35. The normalized spacial score (nSPS) is 12.9. The first-order valence-corrected chi connectivity index (χ1v) is 9.88. The number of aromatic nitrogens is 3. The van der Waals surface area contributed by atoms with Gasteiger partial charge in [0.1, 0.15) is 28.5 Å². The summed E-state index contributed by atoms with van der Waals surface area (Å²) in [5.74, 6) is -3.08. The predicted molar refractivity (Wildman–Crippen MR) is 112 cm³/mol. The molecule has 0 bridgehead atoms. The molecule has 1 amide bonds. The summed E-state index contributed by atoms with van der Waals surface area (Å²) in [7, 11) is 1.37. The molecule has 9 nitrogen and oxygen atoms in total. The maximum absolute atomic E-state index is 14.8. The minimum Gasteiger partial charge on any atom is -0.456 e. The highest BCUT2D eigenvalue weighted by atomic mass is 19.1. The van der Waals surface area contributed by atoms with Crippen molar-refractivity contribution in [2.75, 3.05) is 0 Å². The number of hydrogen-bond acceptors (Lipinski definition) is 6. The summed E-state index contributed by atoms with van der Waals surface area (Å²) in [6.45, 7) is 11.4. The minimum atomic E-state index is -1.07. The number of carbonyl (C=O) groups is 2. The van der Waals surface area contributed by atoms with Crippen molar-refractivity contribution in [3.05, 3.63) is 45.6 Å². The zero-order chi connectivity index (χ0) is 24.6. The molecule has 1 aromatic heterocycles. The van der Waals surface area contributed by atoms with Gasteiger partial charge in [0.2, 0.25) is 0 Å². The van der Waals surface area contributed by atoms with Gasteiger partial charge in [0, 0.05) is 13.1 Å². The molecule has 2 aromatic rings. The lowest BCUT2D eigenvalue weighted by atomic mass is 10.1. The Morgan fingerprint density at radius 2 is 1.59 bits per heavy atom. The van der Waals surface area contributed by atoms with Crippen LogP contribution in [0.2, 0.25) is 0 Å². The third kappa shape index (κ3) is 5.92. The summed E-state index contributed by atoms with van der Waals surface area (Å²) in [5.41, 5.74) is -3.51. The first-order chi connectivity index (χ1) is 14.5. The zero-order valence-corrected chi connectivity index (χ0v) is 19.4. The smallest absolute Gasteiger partial charge is 0.408 e. The first kappa shape index (κ1) is 25.0. The quantitative estimate of drug-likeness (QED) is 0.710. The summed E-state index contributed by atoms with van der Waals surface area (Å²) in [4.78, 5) is 36.8. The van der Waals surface area contributed by atoms with Gasteiger partial charge in [-0.3, -0.25) is 4.57 Å². The minimum absolute atomic E-state index is 0.0805. The number of esters is 1. The van der Waals surface area contributed by atoms with Crippen molar-refractivity contribution in [3.63, 3.8) is 0 Å². The van der Waals surface area contributed by atoms with Gasteiger partial charge in [0.25, 0.3) is 0 Å². The molecule has 1 heterocycles. The summed E-state index contributed by atoms with van der Waals surface area (Å²) in [5, 5.41) is 6.57. The summed E-state index contributed by atoms with van der Waals surface area (Å²) < 4.78 is 41.3. The van der Waals surface area contributed by atoms with Crippen molar-refractivity contribution in [1.82, 2.24) is 19.7 Å². The van der Waals surface area contributed by atoms with E-state index in [0.29, 0.717) is 16.8 Å². The molecule has 1 aromatic carbocycles. The van der Waals surface area contributed by atoms with Crippen LogP contribution in [-0.4, -0.2) is 37.6 Å². The van der Waals surface area contributed by atoms with Gasteiger partial charge in [-0.05, 0) is 54.5 Å². The van der Waals surface area contributed by atoms with Crippen LogP contribution in [0.1, 0.15) is 70.7 Å². The van der Waals surface area contributed by atoms with Gasteiger partial charge < -0.3 is 14.8 Å². The van der Waals surface area contributed by atoms with Gasteiger partial charge in [0.05, 0.1) is 11.6 Å². The van der Waals surface area contributed by atoms with Crippen LogP contribution >= 0.6 is 0 Å². The number of amides is 1. The molecule has 0 aliphatic rings. The van der Waals surface area contributed by atoms with Gasteiger partial charge in [0.15, 0.2) is 5.82 Å². The van der Waals surface area contributed by atoms with E-state index in [4.69, 9.17) is 9.47 Å². The van der Waals surface area contributed by atoms with Crippen LogP contribution in [-0.2, 0) is 16.5 Å². The van der Waals surface area contributed by atoms with Crippen LogP contribution in [0.25, 0.3) is 5.69 Å². The Morgan fingerprint density at radius 1 is 1.03 bits per heavy atom. The molecule has 2 rings (SSSR count). The summed E-state index contributed by atoms with van der Waals surface area (Å²) >= 11 is 0. The number of nitrogens with zero attached hydrogens (tertiary/aromatic N) is 3. The fourth-order valence-electron chi connectivity index (χ4n) is 2.72. The van der Waals surface area contributed by atoms with Crippen molar-refractivity contribution in [2.24, 2.45) is 7.05 Å². The van der Waals surface area contributed by atoms with Gasteiger partial charge in [-0.25, -0.2) is 23.2 Å². The monoisotopic (exact) mass is 454 g/mol. The van der Waals surface area contributed by atoms with Crippen molar-refractivity contribution < 1.29 is 27.8 Å². The Labute approximate surface area is 184 Å². The Morgan fingerprint density at radius 3 is 2.12 bits per heavy atom. The fourth-order valence-corrected chi connectivity index (χ4v) is 2.72. The molecule has 32 heavy (non-hydrogen) atoms. The molecule has 0 aliphatic heterocycles. The average molecular weight is 454 g/mol. The van der Waals surface area contributed by atoms with Crippen LogP contribution in [0.15, 0.2) is 16.9 Å². The molecule has 0 fully saturated rings. The number of rotatable bonds is 4. The van der Waals surface area contributed by atoms with Crippen molar-refractivity contribution in [1.29, 1.82) is 0 Å². The number of hydrogen-bond donors (Lipinski definition) is 1. The SMILES string of the molecule is CC(NC(=O)OC(C)(C)C)c1nn(-c2cc(F)c(C(=O)OC(C)(C)C)cc2F)c(=O)n1C. The number of benzene rings is 1. The highest BCUT2D eigenvalue weighted by Gasteiger charge is 2.26. The third-order valence-corrected chi connectivity index (χ3v) is 4.02. The Balaban J connectivity index is 2.39. The molecule has 176 valence electrons. The lowest BCUT2D eigenvalue weighted by Gasteiger charge is -2.21. The molecule has 1 N–H and O–H groups in total. The van der Waals surface area contributed by atoms with Crippen LogP contribution in [0, 0.1) is 11.6 Å². The van der Waals surface area contributed by atoms with Gasteiger partial charge in [-0.15, -0.1) is 5.10 Å². The molecule has 0 radical (unpaired) electrons. The largest absolute Gasteiger partial charge is 0.456 e. The van der Waals surface area contributed by atoms with E-state index in [9.17, 15) is 23.2 Å². The van der Waals surface area contributed by atoms with E-state index in [1.807, 2.05) is 0 Å². The Bertz CT molecular complexity index is 1090. The van der Waals surface area contributed by atoms with Gasteiger partial charge in [-0.1, -0.05) is 0 Å². The second-order valence-electron chi connectivity index (χ2n) is 9.26. The summed E-state index contributed by atoms with van der Waals surface area (Å²) in [6.07, 6.45) is -0.731. The first-order valence-electron chi connectivity index (χ1n) is 9.88. The van der Waals surface area contributed by atoms with Crippen molar-refractivity contribution >= 4 is 12.1 Å². The van der Waals surface area contributed by atoms with E-state index in [2.05, 4.69) is 10.4 Å². The lowest BCUT2D eigenvalue weighted by molar-refractivity contribution is 0.00638. The Kier molecular flexibility index (Phi) is 6.82. The third-order valence-electron chi connectivity index (χ3n) is 4.02. The highest BCUT2D eigenvalue weighted by molar-refractivity contribution is 5.90. The molecule has 0 saturated carbocycles. The maximum Gasteiger partial charge on any atom is 0.408 e. The van der Waals surface area contributed by atoms with Crippen LogP contribution < -0.4 is 11.0 Å². The predicted octanol–water partition coefficient (Wildman–Crippen LogP) is 3.39. The molecule has 0 aliphatic carbocycles. The van der Waals surface area contributed by atoms with E-state index >= 15 is 0 Å². The second-order valence-corrected chi connectivity index (χ2v) is 9.26. The number of ether oxygens (including phenoxy) is 2. The van der Waals surface area contributed by atoms with Crippen LogP contribution in [0.5, 0.6) is 0 Å². The highest BCUT2D eigenvalue weighted by Crippen LogP contribution is 2.21. The van der Waals surface area contributed by atoms with Crippen LogP contribution in [0.4, 0.5) is 13.6 Å². The standard InChI is InChI=1S/C21H28F2N4O5/c1-11(24-18(29)32-21(5,6)7)16-25-27(19(30)26(16)8)15-10-13(22)12(9-14(15)23)17(28)31-20(2,3)4/h9-11H,1-8H3,(H,24,29). The Hall–Kier alpha value is -3.24. The van der Waals surface area contributed by atoms with E-state index in [1.54, 1.807) is 48.5 Å². The van der Waals surface area contributed by atoms with Gasteiger partial charge in [-0.2, -0.15) is 4.68 Å². The van der Waals surface area contributed by atoms with E-state index in [1.165, 1.54) is 7.05 Å². The molecule has 0 spiro atoms. The molecular formula is C21H28F2N4O5. The molecule has 1 atom stereocenters. The van der Waals surface area contributed by atoms with E-state index in [0.717, 1.165) is 4.57 Å². The van der Waals surface area contributed by atoms with Crippen molar-refractivity contribution in [2.45, 2.75) is 65.7 Å². The summed E-state index contributed by atoms with van der Waals surface area (Å²) in [6, 6.07) is 0.568. The molecule has 0 saturated heterocycles. The van der Waals surface area contributed by atoms with Crippen LogP contribution in [0.3, 0.4) is 0 Å². The zero-order valence-electron chi connectivity index (χ0n) is 19.4.